The second-order valence-electron chi connectivity index (χ2n) is 8.71. The minimum Gasteiger partial charge on any atom is -0.443 e. The first-order chi connectivity index (χ1) is 14.0. The molecule has 7 nitrogen and oxygen atoms in total. The zero-order chi connectivity index (χ0) is 21.8. The van der Waals surface area contributed by atoms with Crippen molar-refractivity contribution >= 4 is 29.2 Å². The molecule has 2 aromatic rings. The molecule has 30 heavy (non-hydrogen) atoms. The molecule has 2 aliphatic heterocycles. The van der Waals surface area contributed by atoms with E-state index < -0.39 is 29.1 Å². The Labute approximate surface area is 174 Å². The number of fused-ring (bicyclic) bond motifs is 4. The Morgan fingerprint density at radius 1 is 1.07 bits per heavy atom. The number of amides is 2. The third-order valence-electron chi connectivity index (χ3n) is 5.30. The van der Waals surface area contributed by atoms with Gasteiger partial charge in [0.15, 0.2) is 0 Å². The maximum absolute atomic E-state index is 13.6. The van der Waals surface area contributed by atoms with Crippen LogP contribution in [0.4, 0.5) is 16.2 Å². The summed E-state index contributed by atoms with van der Waals surface area (Å²) >= 11 is 0. The van der Waals surface area contributed by atoms with Gasteiger partial charge in [0.25, 0.3) is 5.91 Å². The Kier molecular flexibility index (Phi) is 4.47. The van der Waals surface area contributed by atoms with Gasteiger partial charge in [0.05, 0.1) is 16.9 Å². The molecule has 0 unspecified atom stereocenters. The summed E-state index contributed by atoms with van der Waals surface area (Å²) in [5.74, 6) is -1.09. The Bertz CT molecular complexity index is 1070. The van der Waals surface area contributed by atoms with E-state index >= 15 is 0 Å². The summed E-state index contributed by atoms with van der Waals surface area (Å²) in [7, 11) is 0. The molecule has 156 valence electrons. The Morgan fingerprint density at radius 3 is 2.47 bits per heavy atom. The predicted octanol–water partition coefficient (Wildman–Crippen LogP) is 3.67. The molecule has 7 heteroatoms. The van der Waals surface area contributed by atoms with Gasteiger partial charge in [0.1, 0.15) is 5.60 Å². The first-order valence-electron chi connectivity index (χ1n) is 9.85. The van der Waals surface area contributed by atoms with E-state index in [9.17, 15) is 19.5 Å². The van der Waals surface area contributed by atoms with E-state index in [2.05, 4.69) is 0 Å². The maximum Gasteiger partial charge on any atom is 0.414 e. The second kappa shape index (κ2) is 6.67. The molecule has 0 spiro atoms. The third kappa shape index (κ3) is 3.06. The number of ketones is 1. The molecular weight excluding hydrogens is 384 g/mol. The molecule has 0 aromatic heterocycles. The molecule has 2 aliphatic rings. The van der Waals surface area contributed by atoms with Crippen LogP contribution in [0.1, 0.15) is 53.5 Å². The van der Waals surface area contributed by atoms with Crippen molar-refractivity contribution in [2.45, 2.75) is 45.4 Å². The van der Waals surface area contributed by atoms with Crippen molar-refractivity contribution in [2.24, 2.45) is 0 Å². The number of carbonyl (C=O) groups excluding carboxylic acids is 3. The van der Waals surface area contributed by atoms with E-state index in [1.807, 2.05) is 6.92 Å². The standard InChI is InChI=1S/C23H24N2O5/c1-14-9-10-18-16(13-14)19(26)23(29)11-12-24(21(28)30-22(2,3)4)17-8-6-5-7-15(17)20(27)25(18)23/h5-10,13,29H,11-12H2,1-4H3/t23-/m1/s1. The molecule has 0 saturated heterocycles. The van der Waals surface area contributed by atoms with Gasteiger partial charge in [-0.2, -0.15) is 0 Å². The van der Waals surface area contributed by atoms with Crippen LogP contribution in [-0.2, 0) is 4.74 Å². The molecule has 2 aromatic carbocycles. The number of ether oxygens (including phenoxy) is 1. The molecule has 0 radical (unpaired) electrons. The summed E-state index contributed by atoms with van der Waals surface area (Å²) < 4.78 is 5.51. The van der Waals surface area contributed by atoms with Gasteiger partial charge in [-0.05, 0) is 52.0 Å². The topological polar surface area (TPSA) is 87.1 Å². The number of hydrogen-bond acceptors (Lipinski definition) is 5. The number of aliphatic hydroxyl groups is 1. The van der Waals surface area contributed by atoms with Crippen LogP contribution in [0.15, 0.2) is 42.5 Å². The fraction of sp³-hybridized carbons (Fsp3) is 0.348. The lowest BCUT2D eigenvalue weighted by Gasteiger charge is -2.38. The summed E-state index contributed by atoms with van der Waals surface area (Å²) in [6.45, 7) is 7.10. The lowest BCUT2D eigenvalue weighted by atomic mass is 9.98. The third-order valence-corrected chi connectivity index (χ3v) is 5.30. The number of para-hydroxylation sites is 1. The van der Waals surface area contributed by atoms with Gasteiger partial charge in [-0.15, -0.1) is 0 Å². The number of anilines is 2. The van der Waals surface area contributed by atoms with Crippen LogP contribution in [0.5, 0.6) is 0 Å². The van der Waals surface area contributed by atoms with Crippen molar-refractivity contribution in [2.75, 3.05) is 16.3 Å². The highest BCUT2D eigenvalue weighted by Gasteiger charge is 2.54. The smallest absolute Gasteiger partial charge is 0.414 e. The minimum atomic E-state index is -2.07. The molecule has 0 bridgehead atoms. The van der Waals surface area contributed by atoms with E-state index in [1.165, 1.54) is 4.90 Å². The SMILES string of the molecule is Cc1ccc2c(c1)C(=O)[C@]1(O)CCN(C(=O)OC(C)(C)C)c3ccccc3C(=O)N21. The normalized spacial score (nSPS) is 20.8. The summed E-state index contributed by atoms with van der Waals surface area (Å²) in [5, 5.41) is 11.4. The lowest BCUT2D eigenvalue weighted by molar-refractivity contribution is 0.0278. The highest BCUT2D eigenvalue weighted by Crippen LogP contribution is 2.43. The van der Waals surface area contributed by atoms with Crippen molar-refractivity contribution in [1.29, 1.82) is 0 Å². The van der Waals surface area contributed by atoms with Crippen LogP contribution in [0.25, 0.3) is 0 Å². The van der Waals surface area contributed by atoms with Crippen LogP contribution >= 0.6 is 0 Å². The second-order valence-corrected chi connectivity index (χ2v) is 8.71. The zero-order valence-corrected chi connectivity index (χ0v) is 17.4. The highest BCUT2D eigenvalue weighted by molar-refractivity contribution is 6.24. The Morgan fingerprint density at radius 2 is 1.77 bits per heavy atom. The molecule has 4 rings (SSSR count). The number of hydrogen-bond donors (Lipinski definition) is 1. The number of aryl methyl sites for hydroxylation is 1. The average Bonchev–Trinajstić information content (AvgIpc) is 2.87. The number of rotatable bonds is 0. The van der Waals surface area contributed by atoms with Crippen molar-refractivity contribution < 1.29 is 24.2 Å². The van der Waals surface area contributed by atoms with Crippen LogP contribution in [0.3, 0.4) is 0 Å². The number of nitrogens with zero attached hydrogens (tertiary/aromatic N) is 2. The van der Waals surface area contributed by atoms with Crippen molar-refractivity contribution in [3.05, 3.63) is 59.2 Å². The molecule has 0 aliphatic carbocycles. The Balaban J connectivity index is 1.86. The zero-order valence-electron chi connectivity index (χ0n) is 17.4. The van der Waals surface area contributed by atoms with E-state index in [0.717, 1.165) is 10.5 Å². The first kappa shape index (κ1) is 20.1. The van der Waals surface area contributed by atoms with Gasteiger partial charge >= 0.3 is 6.09 Å². The summed E-state index contributed by atoms with van der Waals surface area (Å²) in [6, 6.07) is 11.8. The quantitative estimate of drug-likeness (QED) is 0.719. The predicted molar refractivity (Wildman–Crippen MR) is 112 cm³/mol. The van der Waals surface area contributed by atoms with E-state index in [0.29, 0.717) is 16.9 Å². The molecule has 2 amide bonds. The van der Waals surface area contributed by atoms with E-state index in [-0.39, 0.29) is 18.5 Å². The van der Waals surface area contributed by atoms with Crippen LogP contribution in [0, 0.1) is 6.92 Å². The van der Waals surface area contributed by atoms with Crippen molar-refractivity contribution in [3.63, 3.8) is 0 Å². The Hall–Kier alpha value is -3.19. The van der Waals surface area contributed by atoms with Gasteiger partial charge in [-0.25, -0.2) is 4.79 Å². The van der Waals surface area contributed by atoms with E-state index in [1.54, 1.807) is 63.2 Å². The number of benzene rings is 2. The summed E-state index contributed by atoms with van der Waals surface area (Å²) in [5.41, 5.74) is -0.689. The van der Waals surface area contributed by atoms with E-state index in [4.69, 9.17) is 4.74 Å². The van der Waals surface area contributed by atoms with Gasteiger partial charge in [-0.1, -0.05) is 23.8 Å². The minimum absolute atomic E-state index is 0.00488. The van der Waals surface area contributed by atoms with Gasteiger partial charge in [0, 0.05) is 18.5 Å². The fourth-order valence-electron chi connectivity index (χ4n) is 3.95. The lowest BCUT2D eigenvalue weighted by Crippen LogP contribution is -2.57. The van der Waals surface area contributed by atoms with Crippen LogP contribution in [0.2, 0.25) is 0 Å². The molecule has 0 saturated carbocycles. The number of carbonyl (C=O) groups is 3. The molecule has 0 fully saturated rings. The van der Waals surface area contributed by atoms with Gasteiger partial charge in [-0.3, -0.25) is 19.4 Å². The average molecular weight is 408 g/mol. The first-order valence-corrected chi connectivity index (χ1v) is 9.85. The monoisotopic (exact) mass is 408 g/mol. The maximum atomic E-state index is 13.6. The van der Waals surface area contributed by atoms with Gasteiger partial charge < -0.3 is 9.84 Å². The fourth-order valence-corrected chi connectivity index (χ4v) is 3.95. The van der Waals surface area contributed by atoms with Crippen LogP contribution < -0.4 is 9.80 Å². The largest absolute Gasteiger partial charge is 0.443 e. The molecular formula is C23H24N2O5. The summed E-state index contributed by atoms with van der Waals surface area (Å²) in [6.07, 6.45) is -0.780. The molecule has 1 atom stereocenters. The van der Waals surface area contributed by atoms with Crippen molar-refractivity contribution in [1.82, 2.24) is 0 Å². The number of Topliss-reactive ketones (excluding diaryl/α,β-unsaturated/α-hetero) is 1. The molecule has 2 heterocycles. The van der Waals surface area contributed by atoms with Crippen molar-refractivity contribution in [3.8, 4) is 0 Å². The highest BCUT2D eigenvalue weighted by atomic mass is 16.6. The van der Waals surface area contributed by atoms with Crippen LogP contribution in [-0.4, -0.2) is 40.8 Å². The summed E-state index contributed by atoms with van der Waals surface area (Å²) in [4.78, 5) is 42.1. The molecule has 1 N–H and O–H groups in total. The van der Waals surface area contributed by atoms with Gasteiger partial charge in [0.2, 0.25) is 11.5 Å².